The zero-order chi connectivity index (χ0) is 13.8. The van der Waals surface area contributed by atoms with Gasteiger partial charge < -0.3 is 10.5 Å². The van der Waals surface area contributed by atoms with E-state index in [1.807, 2.05) is 18.2 Å². The molecule has 2 nitrogen and oxygen atoms in total. The molecule has 0 atom stereocenters. The summed E-state index contributed by atoms with van der Waals surface area (Å²) in [5.74, 6) is 0.275. The van der Waals surface area contributed by atoms with Gasteiger partial charge in [0.1, 0.15) is 18.2 Å². The maximum Gasteiger partial charge on any atom is 0.141 e. The average molecular weight is 345 g/mol. The molecule has 0 spiro atoms. The number of nitrogens with two attached hydrogens (primary N) is 1. The first-order valence-corrected chi connectivity index (χ1v) is 6.82. The molecule has 0 aromatic heterocycles. The van der Waals surface area contributed by atoms with Gasteiger partial charge in [-0.15, -0.1) is 0 Å². The van der Waals surface area contributed by atoms with E-state index in [9.17, 15) is 4.39 Å². The quantitative estimate of drug-likeness (QED) is 0.898. The van der Waals surface area contributed by atoms with E-state index in [4.69, 9.17) is 22.1 Å². The number of ether oxygens (including phenoxy) is 1. The summed E-state index contributed by atoms with van der Waals surface area (Å²) in [4.78, 5) is 0. The Balaban J connectivity index is 2.07. The van der Waals surface area contributed by atoms with Crippen LogP contribution in [0, 0.1) is 5.82 Å². The SMILES string of the molecule is NCc1ccc(OCc2ccc(F)c(Cl)c2)c(Br)c1. The summed E-state index contributed by atoms with van der Waals surface area (Å²) in [6, 6.07) is 10.2. The summed E-state index contributed by atoms with van der Waals surface area (Å²) < 4.78 is 19.5. The molecular formula is C14H12BrClFNO. The first-order chi connectivity index (χ1) is 9.10. The summed E-state index contributed by atoms with van der Waals surface area (Å²) in [6.07, 6.45) is 0. The van der Waals surface area contributed by atoms with Crippen molar-refractivity contribution in [3.05, 3.63) is 62.8 Å². The molecule has 19 heavy (non-hydrogen) atoms. The zero-order valence-corrected chi connectivity index (χ0v) is 12.3. The molecule has 0 amide bonds. The van der Waals surface area contributed by atoms with Crippen molar-refractivity contribution in [2.75, 3.05) is 0 Å². The molecule has 2 aromatic rings. The van der Waals surface area contributed by atoms with Crippen molar-refractivity contribution in [2.45, 2.75) is 13.2 Å². The standard InChI is InChI=1S/C14H12BrClFNO/c15-11-5-9(7-18)2-4-14(11)19-8-10-1-3-13(17)12(16)6-10/h1-6H,7-8,18H2. The average Bonchev–Trinajstić information content (AvgIpc) is 2.41. The van der Waals surface area contributed by atoms with Crippen molar-refractivity contribution in [2.24, 2.45) is 5.73 Å². The first kappa shape index (κ1) is 14.3. The van der Waals surface area contributed by atoms with Crippen LogP contribution >= 0.6 is 27.5 Å². The molecule has 0 saturated carbocycles. The molecule has 0 unspecified atom stereocenters. The topological polar surface area (TPSA) is 35.2 Å². The van der Waals surface area contributed by atoms with Crippen molar-refractivity contribution < 1.29 is 9.13 Å². The van der Waals surface area contributed by atoms with E-state index in [0.717, 1.165) is 15.6 Å². The number of halogens is 3. The van der Waals surface area contributed by atoms with Gasteiger partial charge in [0.2, 0.25) is 0 Å². The molecule has 0 bridgehead atoms. The van der Waals surface area contributed by atoms with Gasteiger partial charge in [0.05, 0.1) is 9.50 Å². The molecule has 0 saturated heterocycles. The highest BCUT2D eigenvalue weighted by molar-refractivity contribution is 9.10. The van der Waals surface area contributed by atoms with Crippen molar-refractivity contribution >= 4 is 27.5 Å². The van der Waals surface area contributed by atoms with E-state index in [0.29, 0.717) is 18.9 Å². The molecule has 5 heteroatoms. The maximum absolute atomic E-state index is 13.0. The van der Waals surface area contributed by atoms with Crippen molar-refractivity contribution in [3.8, 4) is 5.75 Å². The molecule has 0 aliphatic rings. The molecule has 2 rings (SSSR count). The van der Waals surface area contributed by atoms with Crippen LogP contribution in [0.15, 0.2) is 40.9 Å². The van der Waals surface area contributed by atoms with Crippen LogP contribution in [0.1, 0.15) is 11.1 Å². The molecule has 2 N–H and O–H groups in total. The molecular weight excluding hydrogens is 333 g/mol. The van der Waals surface area contributed by atoms with Gasteiger partial charge in [0, 0.05) is 6.54 Å². The Morgan fingerprint density at radius 3 is 2.53 bits per heavy atom. The van der Waals surface area contributed by atoms with Gasteiger partial charge in [-0.1, -0.05) is 23.7 Å². The number of hydrogen-bond acceptors (Lipinski definition) is 2. The Hall–Kier alpha value is -1.10. The second-order valence-corrected chi connectivity index (χ2v) is 5.27. The van der Waals surface area contributed by atoms with Gasteiger partial charge in [-0.25, -0.2) is 4.39 Å². The summed E-state index contributed by atoms with van der Waals surface area (Å²) in [7, 11) is 0. The predicted molar refractivity (Wildman–Crippen MR) is 77.8 cm³/mol. The van der Waals surface area contributed by atoms with Gasteiger partial charge >= 0.3 is 0 Å². The van der Waals surface area contributed by atoms with Gasteiger partial charge in [-0.05, 0) is 51.3 Å². The third-order valence-corrected chi connectivity index (χ3v) is 3.52. The van der Waals surface area contributed by atoms with E-state index < -0.39 is 5.82 Å². The first-order valence-electron chi connectivity index (χ1n) is 5.65. The van der Waals surface area contributed by atoms with Crippen molar-refractivity contribution in [1.29, 1.82) is 0 Å². The van der Waals surface area contributed by atoms with Crippen LogP contribution in [0.4, 0.5) is 4.39 Å². The minimum absolute atomic E-state index is 0.0960. The Labute approximate surface area is 124 Å². The van der Waals surface area contributed by atoms with Gasteiger partial charge in [0.15, 0.2) is 0 Å². The molecule has 0 aliphatic heterocycles. The van der Waals surface area contributed by atoms with Gasteiger partial charge in [0.25, 0.3) is 0 Å². The molecule has 2 aromatic carbocycles. The summed E-state index contributed by atoms with van der Waals surface area (Å²) in [5.41, 5.74) is 7.38. The number of hydrogen-bond donors (Lipinski definition) is 1. The van der Waals surface area contributed by atoms with Crippen LogP contribution < -0.4 is 10.5 Å². The monoisotopic (exact) mass is 343 g/mol. The zero-order valence-electron chi connectivity index (χ0n) is 10.00. The minimum atomic E-state index is -0.432. The molecule has 0 radical (unpaired) electrons. The highest BCUT2D eigenvalue weighted by atomic mass is 79.9. The molecule has 0 fully saturated rings. The van der Waals surface area contributed by atoms with Crippen LogP contribution in [0.2, 0.25) is 5.02 Å². The second-order valence-electron chi connectivity index (χ2n) is 4.01. The molecule has 0 heterocycles. The van der Waals surface area contributed by atoms with Crippen LogP contribution in [0.5, 0.6) is 5.75 Å². The smallest absolute Gasteiger partial charge is 0.141 e. The van der Waals surface area contributed by atoms with Crippen LogP contribution in [0.25, 0.3) is 0 Å². The van der Waals surface area contributed by atoms with Crippen LogP contribution in [-0.4, -0.2) is 0 Å². The summed E-state index contributed by atoms with van der Waals surface area (Å²) in [5, 5.41) is 0.0960. The Bertz CT molecular complexity index is 592. The highest BCUT2D eigenvalue weighted by Crippen LogP contribution is 2.27. The second kappa shape index (κ2) is 6.37. The Morgan fingerprint density at radius 2 is 1.89 bits per heavy atom. The highest BCUT2D eigenvalue weighted by Gasteiger charge is 2.05. The fourth-order valence-corrected chi connectivity index (χ4v) is 2.32. The maximum atomic E-state index is 13.0. The van der Waals surface area contributed by atoms with Crippen molar-refractivity contribution in [3.63, 3.8) is 0 Å². The van der Waals surface area contributed by atoms with Gasteiger partial charge in [-0.3, -0.25) is 0 Å². The van der Waals surface area contributed by atoms with E-state index >= 15 is 0 Å². The normalized spacial score (nSPS) is 10.5. The van der Waals surface area contributed by atoms with Gasteiger partial charge in [-0.2, -0.15) is 0 Å². The van der Waals surface area contributed by atoms with Crippen molar-refractivity contribution in [1.82, 2.24) is 0 Å². The lowest BCUT2D eigenvalue weighted by atomic mass is 10.2. The fraction of sp³-hybridized carbons (Fsp3) is 0.143. The largest absolute Gasteiger partial charge is 0.488 e. The predicted octanol–water partition coefficient (Wildman–Crippen LogP) is 4.28. The number of rotatable bonds is 4. The van der Waals surface area contributed by atoms with Crippen LogP contribution in [-0.2, 0) is 13.2 Å². The Morgan fingerprint density at radius 1 is 1.16 bits per heavy atom. The van der Waals surface area contributed by atoms with E-state index in [1.54, 1.807) is 12.1 Å². The van der Waals surface area contributed by atoms with E-state index in [1.165, 1.54) is 6.07 Å². The third-order valence-electron chi connectivity index (χ3n) is 2.61. The molecule has 100 valence electrons. The number of benzene rings is 2. The lowest BCUT2D eigenvalue weighted by Crippen LogP contribution is -1.99. The summed E-state index contributed by atoms with van der Waals surface area (Å²) >= 11 is 9.13. The van der Waals surface area contributed by atoms with E-state index in [2.05, 4.69) is 15.9 Å². The van der Waals surface area contributed by atoms with Crippen LogP contribution in [0.3, 0.4) is 0 Å². The van der Waals surface area contributed by atoms with E-state index in [-0.39, 0.29) is 5.02 Å². The fourth-order valence-electron chi connectivity index (χ4n) is 1.58. The lowest BCUT2D eigenvalue weighted by Gasteiger charge is -2.09. The molecule has 0 aliphatic carbocycles. The summed E-state index contributed by atoms with van der Waals surface area (Å²) in [6.45, 7) is 0.799. The minimum Gasteiger partial charge on any atom is -0.488 e. The Kier molecular flexibility index (Phi) is 4.80. The lowest BCUT2D eigenvalue weighted by molar-refractivity contribution is 0.304. The third kappa shape index (κ3) is 3.69.